The number of likely N-dealkylation sites (N-methyl/N-ethyl adjacent to an activating group) is 1. The Morgan fingerprint density at radius 1 is 0.973 bits per heavy atom. The van der Waals surface area contributed by atoms with E-state index in [2.05, 4.69) is 39.9 Å². The normalized spacial score (nSPS) is 25.1. The second kappa shape index (κ2) is 12.9. The van der Waals surface area contributed by atoms with Gasteiger partial charge >= 0.3 is 0 Å². The second-order valence-electron chi connectivity index (χ2n) is 11.2. The van der Waals surface area contributed by atoms with Crippen LogP contribution in [0, 0.1) is 5.92 Å². The number of amides is 3. The van der Waals surface area contributed by atoms with Crippen LogP contribution in [0.15, 0.2) is 30.3 Å². The van der Waals surface area contributed by atoms with Crippen molar-refractivity contribution in [1.82, 2.24) is 25.8 Å². The van der Waals surface area contributed by atoms with E-state index in [9.17, 15) is 14.4 Å². The molecule has 1 aromatic carbocycles. The molecule has 2 heterocycles. The molecule has 3 amide bonds. The van der Waals surface area contributed by atoms with Crippen LogP contribution in [0.1, 0.15) is 70.3 Å². The number of hydrogen-bond donors (Lipinski definition) is 3. The molecular formula is C29H45N5O3. The molecule has 5 unspecified atom stereocenters. The van der Waals surface area contributed by atoms with Gasteiger partial charge in [-0.2, -0.15) is 0 Å². The molecule has 204 valence electrons. The first kappa shape index (κ1) is 27.6. The van der Waals surface area contributed by atoms with E-state index in [1.165, 1.54) is 12.0 Å². The molecule has 0 aromatic heterocycles. The minimum atomic E-state index is -0.588. The zero-order valence-electron chi connectivity index (χ0n) is 22.7. The van der Waals surface area contributed by atoms with Crippen molar-refractivity contribution in [3.8, 4) is 0 Å². The summed E-state index contributed by atoms with van der Waals surface area (Å²) >= 11 is 0. The van der Waals surface area contributed by atoms with E-state index < -0.39 is 12.1 Å². The summed E-state index contributed by atoms with van der Waals surface area (Å²) in [6, 6.07) is 8.93. The first-order valence-corrected chi connectivity index (χ1v) is 14.2. The van der Waals surface area contributed by atoms with Gasteiger partial charge in [0, 0.05) is 25.7 Å². The van der Waals surface area contributed by atoms with Crippen LogP contribution < -0.4 is 16.0 Å². The number of hydrogen-bond acceptors (Lipinski definition) is 5. The van der Waals surface area contributed by atoms with Crippen molar-refractivity contribution in [3.05, 3.63) is 35.9 Å². The highest BCUT2D eigenvalue weighted by Gasteiger charge is 2.45. The summed E-state index contributed by atoms with van der Waals surface area (Å²) in [5.74, 6) is -0.0684. The van der Waals surface area contributed by atoms with Crippen LogP contribution in [0.3, 0.4) is 0 Å². The van der Waals surface area contributed by atoms with Crippen molar-refractivity contribution in [2.75, 3.05) is 33.2 Å². The van der Waals surface area contributed by atoms with Crippen molar-refractivity contribution in [3.63, 3.8) is 0 Å². The largest absolute Gasteiger partial charge is 0.354 e. The number of nitrogens with zero attached hydrogens (tertiary/aromatic N) is 2. The smallest absolute Gasteiger partial charge is 0.246 e. The maximum absolute atomic E-state index is 14.2. The lowest BCUT2D eigenvalue weighted by Crippen LogP contribution is -2.66. The van der Waals surface area contributed by atoms with E-state index in [-0.39, 0.29) is 41.6 Å². The van der Waals surface area contributed by atoms with Crippen molar-refractivity contribution in [1.29, 1.82) is 0 Å². The van der Waals surface area contributed by atoms with Crippen LogP contribution in [0.5, 0.6) is 0 Å². The minimum absolute atomic E-state index is 0.0913. The number of nitrogens with one attached hydrogen (secondary N) is 3. The molecule has 0 bridgehead atoms. The van der Waals surface area contributed by atoms with E-state index >= 15 is 0 Å². The van der Waals surface area contributed by atoms with E-state index in [0.717, 1.165) is 45.1 Å². The minimum Gasteiger partial charge on any atom is -0.354 e. The van der Waals surface area contributed by atoms with Gasteiger partial charge in [0.2, 0.25) is 17.7 Å². The lowest BCUT2D eigenvalue weighted by atomic mass is 9.82. The fourth-order valence-corrected chi connectivity index (χ4v) is 6.19. The molecule has 8 heteroatoms. The Labute approximate surface area is 221 Å². The average molecular weight is 512 g/mol. The van der Waals surface area contributed by atoms with Crippen molar-refractivity contribution < 1.29 is 14.4 Å². The summed E-state index contributed by atoms with van der Waals surface area (Å²) in [6.45, 7) is 6.51. The summed E-state index contributed by atoms with van der Waals surface area (Å²) in [5, 5.41) is 9.21. The van der Waals surface area contributed by atoms with Gasteiger partial charge in [0.25, 0.3) is 0 Å². The predicted octanol–water partition coefficient (Wildman–Crippen LogP) is 2.25. The fourth-order valence-electron chi connectivity index (χ4n) is 6.19. The Morgan fingerprint density at radius 2 is 1.70 bits per heavy atom. The topological polar surface area (TPSA) is 93.8 Å². The van der Waals surface area contributed by atoms with Crippen LogP contribution in [0.4, 0.5) is 0 Å². The molecular weight excluding hydrogens is 466 g/mol. The summed E-state index contributed by atoms with van der Waals surface area (Å²) in [4.78, 5) is 44.8. The SMILES string of the molecule is CNC(C)C(=O)NC(C(=O)N1CC2CCCN2CC1C(=O)NCC(C)c1ccccc1)C1CCCCC1. The van der Waals surface area contributed by atoms with E-state index in [1.807, 2.05) is 18.2 Å². The third kappa shape index (κ3) is 6.71. The first-order valence-electron chi connectivity index (χ1n) is 14.2. The summed E-state index contributed by atoms with van der Waals surface area (Å²) in [5.41, 5.74) is 1.18. The number of piperazine rings is 1. The second-order valence-corrected chi connectivity index (χ2v) is 11.2. The summed E-state index contributed by atoms with van der Waals surface area (Å²) in [7, 11) is 1.75. The molecule has 3 fully saturated rings. The maximum Gasteiger partial charge on any atom is 0.246 e. The highest BCUT2D eigenvalue weighted by Crippen LogP contribution is 2.30. The van der Waals surface area contributed by atoms with Crippen LogP contribution >= 0.6 is 0 Å². The summed E-state index contributed by atoms with van der Waals surface area (Å²) in [6.07, 6.45) is 7.31. The Balaban J connectivity index is 1.51. The third-order valence-corrected chi connectivity index (χ3v) is 8.74. The lowest BCUT2D eigenvalue weighted by molar-refractivity contribution is -0.149. The Morgan fingerprint density at radius 3 is 2.41 bits per heavy atom. The van der Waals surface area contributed by atoms with Gasteiger partial charge in [-0.15, -0.1) is 0 Å². The molecule has 0 radical (unpaired) electrons. The number of benzene rings is 1. The van der Waals surface area contributed by atoms with Crippen molar-refractivity contribution in [2.45, 2.75) is 88.9 Å². The molecule has 3 N–H and O–H groups in total. The fraction of sp³-hybridized carbons (Fsp3) is 0.690. The average Bonchev–Trinajstić information content (AvgIpc) is 3.41. The highest BCUT2D eigenvalue weighted by molar-refractivity contribution is 5.93. The first-order chi connectivity index (χ1) is 17.9. The molecule has 2 saturated heterocycles. The molecule has 1 aromatic rings. The predicted molar refractivity (Wildman–Crippen MR) is 145 cm³/mol. The van der Waals surface area contributed by atoms with Crippen LogP contribution in [0.25, 0.3) is 0 Å². The van der Waals surface area contributed by atoms with Gasteiger partial charge in [-0.05, 0) is 63.6 Å². The molecule has 37 heavy (non-hydrogen) atoms. The van der Waals surface area contributed by atoms with E-state index in [4.69, 9.17) is 0 Å². The Bertz CT molecular complexity index is 919. The number of carbonyl (C=O) groups is 3. The summed E-state index contributed by atoms with van der Waals surface area (Å²) < 4.78 is 0. The molecule has 2 aliphatic heterocycles. The number of carbonyl (C=O) groups excluding carboxylic acids is 3. The van der Waals surface area contributed by atoms with Gasteiger partial charge < -0.3 is 20.9 Å². The monoisotopic (exact) mass is 511 g/mol. The van der Waals surface area contributed by atoms with Crippen LogP contribution in [-0.2, 0) is 14.4 Å². The Kier molecular flexibility index (Phi) is 9.60. The van der Waals surface area contributed by atoms with Crippen LogP contribution in [-0.4, -0.2) is 84.9 Å². The van der Waals surface area contributed by atoms with Gasteiger partial charge in [0.1, 0.15) is 12.1 Å². The van der Waals surface area contributed by atoms with E-state index in [0.29, 0.717) is 19.6 Å². The van der Waals surface area contributed by atoms with Gasteiger partial charge in [0.15, 0.2) is 0 Å². The van der Waals surface area contributed by atoms with Crippen molar-refractivity contribution >= 4 is 17.7 Å². The number of fused-ring (bicyclic) bond motifs is 1. The van der Waals surface area contributed by atoms with Gasteiger partial charge in [-0.1, -0.05) is 56.5 Å². The zero-order valence-corrected chi connectivity index (χ0v) is 22.7. The molecule has 0 spiro atoms. The number of rotatable bonds is 9. The van der Waals surface area contributed by atoms with Gasteiger partial charge in [-0.3, -0.25) is 19.3 Å². The van der Waals surface area contributed by atoms with Crippen molar-refractivity contribution in [2.24, 2.45) is 5.92 Å². The highest BCUT2D eigenvalue weighted by atomic mass is 16.2. The van der Waals surface area contributed by atoms with E-state index in [1.54, 1.807) is 18.9 Å². The molecule has 1 saturated carbocycles. The molecule has 3 aliphatic rings. The van der Waals surface area contributed by atoms with Gasteiger partial charge in [0.05, 0.1) is 6.04 Å². The standard InChI is InChI=1S/C29H45N5O3/c1-20(22-11-6-4-7-12-22)17-31-28(36)25-19-33-16-10-15-24(33)18-34(25)29(37)26(23-13-8-5-9-14-23)32-27(35)21(2)30-3/h4,6-7,11-12,20-21,23-26,30H,5,8-10,13-19H2,1-3H3,(H,31,36)(H,32,35). The quantitative estimate of drug-likeness (QED) is 0.473. The van der Waals surface area contributed by atoms with Crippen LogP contribution in [0.2, 0.25) is 0 Å². The lowest BCUT2D eigenvalue weighted by Gasteiger charge is -2.45. The third-order valence-electron chi connectivity index (χ3n) is 8.74. The molecule has 4 rings (SSSR count). The Hall–Kier alpha value is -2.45. The van der Waals surface area contributed by atoms with Gasteiger partial charge in [-0.25, -0.2) is 0 Å². The zero-order chi connectivity index (χ0) is 26.4. The molecule has 8 nitrogen and oxygen atoms in total. The molecule has 1 aliphatic carbocycles. The molecule has 5 atom stereocenters. The maximum atomic E-state index is 14.2.